The number of hydrogen-bond acceptors (Lipinski definition) is 2. The van der Waals surface area contributed by atoms with Crippen molar-refractivity contribution >= 4 is 28.1 Å². The first-order chi connectivity index (χ1) is 9.58. The summed E-state index contributed by atoms with van der Waals surface area (Å²) in [5, 5.41) is 4.03. The molecule has 2 aromatic carbocycles. The van der Waals surface area contributed by atoms with E-state index in [4.69, 9.17) is 0 Å². The summed E-state index contributed by atoms with van der Waals surface area (Å²) in [6, 6.07) is 13.2. The van der Waals surface area contributed by atoms with Crippen molar-refractivity contribution in [3.05, 3.63) is 69.2 Å². The average Bonchev–Trinajstić information content (AvgIpc) is 2.42. The molecule has 0 radical (unpaired) electrons. The highest BCUT2D eigenvalue weighted by atomic mass is 79.9. The lowest BCUT2D eigenvalue weighted by Gasteiger charge is -2.04. The zero-order valence-electron chi connectivity index (χ0n) is 11.4. The van der Waals surface area contributed by atoms with E-state index in [2.05, 4.69) is 26.5 Å². The number of aryl methyl sites for hydroxylation is 2. The third-order valence-electron chi connectivity index (χ3n) is 3.01. The Labute approximate surface area is 126 Å². The molecule has 0 spiro atoms. The van der Waals surface area contributed by atoms with Gasteiger partial charge in [0.05, 0.1) is 6.21 Å². The van der Waals surface area contributed by atoms with Gasteiger partial charge < -0.3 is 0 Å². The first kappa shape index (κ1) is 14.5. The molecule has 1 amide bonds. The molecule has 0 aliphatic carbocycles. The quantitative estimate of drug-likeness (QED) is 0.674. The number of carbonyl (C=O) groups is 1. The third kappa shape index (κ3) is 3.54. The molecule has 0 aliphatic heterocycles. The molecule has 2 aromatic rings. The molecule has 4 heteroatoms. The molecule has 0 saturated carbocycles. The maximum atomic E-state index is 11.9. The van der Waals surface area contributed by atoms with Gasteiger partial charge in [-0.05, 0) is 49.2 Å². The van der Waals surface area contributed by atoms with Crippen LogP contribution in [0.2, 0.25) is 0 Å². The molecule has 1 N–H and O–H groups in total. The van der Waals surface area contributed by atoms with E-state index in [-0.39, 0.29) is 5.91 Å². The van der Waals surface area contributed by atoms with Crippen molar-refractivity contribution in [2.24, 2.45) is 5.10 Å². The Kier molecular flexibility index (Phi) is 4.69. The molecule has 0 aliphatic rings. The molecule has 0 heterocycles. The SMILES string of the molecule is Cc1cccc(C)c1/C=N/NC(=O)c1ccc(Br)cc1. The van der Waals surface area contributed by atoms with Crippen LogP contribution in [-0.2, 0) is 0 Å². The van der Waals surface area contributed by atoms with Crippen LogP contribution in [0.5, 0.6) is 0 Å². The normalized spacial score (nSPS) is 10.8. The Balaban J connectivity index is 2.06. The number of carbonyl (C=O) groups excluding carboxylic acids is 1. The highest BCUT2D eigenvalue weighted by molar-refractivity contribution is 9.10. The van der Waals surface area contributed by atoms with Gasteiger partial charge in [-0.2, -0.15) is 5.10 Å². The minimum atomic E-state index is -0.222. The van der Waals surface area contributed by atoms with Crippen LogP contribution in [0, 0.1) is 13.8 Å². The van der Waals surface area contributed by atoms with Crippen molar-refractivity contribution in [1.82, 2.24) is 5.43 Å². The molecule has 20 heavy (non-hydrogen) atoms. The number of hydrogen-bond donors (Lipinski definition) is 1. The van der Waals surface area contributed by atoms with Crippen molar-refractivity contribution in [1.29, 1.82) is 0 Å². The van der Waals surface area contributed by atoms with Gasteiger partial charge in [-0.25, -0.2) is 5.43 Å². The summed E-state index contributed by atoms with van der Waals surface area (Å²) in [5.41, 5.74) is 6.41. The Hall–Kier alpha value is -1.94. The number of hydrazone groups is 1. The van der Waals surface area contributed by atoms with Gasteiger partial charge in [0.2, 0.25) is 0 Å². The maximum absolute atomic E-state index is 11.9. The van der Waals surface area contributed by atoms with E-state index < -0.39 is 0 Å². The van der Waals surface area contributed by atoms with Crippen molar-refractivity contribution < 1.29 is 4.79 Å². The molecule has 2 rings (SSSR count). The van der Waals surface area contributed by atoms with Crippen molar-refractivity contribution in [3.8, 4) is 0 Å². The van der Waals surface area contributed by atoms with E-state index >= 15 is 0 Å². The molecular formula is C16H15BrN2O. The fraction of sp³-hybridized carbons (Fsp3) is 0.125. The Morgan fingerprint density at radius 1 is 1.10 bits per heavy atom. The van der Waals surface area contributed by atoms with Crippen LogP contribution in [0.15, 0.2) is 52.0 Å². The van der Waals surface area contributed by atoms with Gasteiger partial charge in [-0.3, -0.25) is 4.79 Å². The zero-order chi connectivity index (χ0) is 14.5. The summed E-state index contributed by atoms with van der Waals surface area (Å²) in [6.07, 6.45) is 1.68. The highest BCUT2D eigenvalue weighted by Gasteiger charge is 2.03. The van der Waals surface area contributed by atoms with Crippen molar-refractivity contribution in [2.75, 3.05) is 0 Å². The molecule has 0 saturated heterocycles. The second kappa shape index (κ2) is 6.48. The van der Waals surface area contributed by atoms with Crippen LogP contribution in [-0.4, -0.2) is 12.1 Å². The molecule has 0 aromatic heterocycles. The maximum Gasteiger partial charge on any atom is 0.271 e. The molecule has 0 fully saturated rings. The molecule has 102 valence electrons. The van der Waals surface area contributed by atoms with Gasteiger partial charge in [0.25, 0.3) is 5.91 Å². The van der Waals surface area contributed by atoms with E-state index in [0.717, 1.165) is 21.2 Å². The number of benzene rings is 2. The van der Waals surface area contributed by atoms with Crippen LogP contribution >= 0.6 is 15.9 Å². The molecule has 0 unspecified atom stereocenters. The lowest BCUT2D eigenvalue weighted by molar-refractivity contribution is 0.0955. The van der Waals surface area contributed by atoms with E-state index in [9.17, 15) is 4.79 Å². The predicted molar refractivity (Wildman–Crippen MR) is 85.1 cm³/mol. The van der Waals surface area contributed by atoms with Crippen LogP contribution in [0.1, 0.15) is 27.0 Å². The fourth-order valence-electron chi connectivity index (χ4n) is 1.85. The van der Waals surface area contributed by atoms with E-state index in [1.54, 1.807) is 18.3 Å². The van der Waals surface area contributed by atoms with Gasteiger partial charge in [0.15, 0.2) is 0 Å². The Morgan fingerprint density at radius 3 is 2.30 bits per heavy atom. The Morgan fingerprint density at radius 2 is 1.70 bits per heavy atom. The summed E-state index contributed by atoms with van der Waals surface area (Å²) in [7, 11) is 0. The lowest BCUT2D eigenvalue weighted by atomic mass is 10.0. The lowest BCUT2D eigenvalue weighted by Crippen LogP contribution is -2.17. The van der Waals surface area contributed by atoms with Gasteiger partial charge in [-0.15, -0.1) is 0 Å². The van der Waals surface area contributed by atoms with Crippen molar-refractivity contribution in [3.63, 3.8) is 0 Å². The van der Waals surface area contributed by atoms with Gasteiger partial charge >= 0.3 is 0 Å². The van der Waals surface area contributed by atoms with Gasteiger partial charge in [0, 0.05) is 15.6 Å². The largest absolute Gasteiger partial charge is 0.271 e. The van der Waals surface area contributed by atoms with E-state index in [1.807, 2.05) is 44.2 Å². The molecule has 0 bridgehead atoms. The zero-order valence-corrected chi connectivity index (χ0v) is 12.9. The summed E-state index contributed by atoms with van der Waals surface area (Å²) in [4.78, 5) is 11.9. The van der Waals surface area contributed by atoms with Crippen molar-refractivity contribution in [2.45, 2.75) is 13.8 Å². The second-order valence-electron chi connectivity index (χ2n) is 4.51. The number of halogens is 1. The minimum absolute atomic E-state index is 0.222. The highest BCUT2D eigenvalue weighted by Crippen LogP contribution is 2.11. The first-order valence-corrected chi connectivity index (χ1v) is 7.02. The summed E-state index contributed by atoms with van der Waals surface area (Å²) >= 11 is 3.33. The number of nitrogens with one attached hydrogen (secondary N) is 1. The van der Waals surface area contributed by atoms with Crippen LogP contribution in [0.3, 0.4) is 0 Å². The van der Waals surface area contributed by atoms with Crippen LogP contribution in [0.25, 0.3) is 0 Å². The molecule has 3 nitrogen and oxygen atoms in total. The monoisotopic (exact) mass is 330 g/mol. The first-order valence-electron chi connectivity index (χ1n) is 6.23. The van der Waals surface area contributed by atoms with Crippen LogP contribution in [0.4, 0.5) is 0 Å². The summed E-state index contributed by atoms with van der Waals surface area (Å²) in [6.45, 7) is 4.04. The number of nitrogens with zero attached hydrogens (tertiary/aromatic N) is 1. The molecule has 0 atom stereocenters. The summed E-state index contributed by atoms with van der Waals surface area (Å²) in [5.74, 6) is -0.222. The predicted octanol–water partition coefficient (Wildman–Crippen LogP) is 3.83. The smallest absolute Gasteiger partial charge is 0.267 e. The van der Waals surface area contributed by atoms with E-state index in [1.165, 1.54) is 0 Å². The topological polar surface area (TPSA) is 41.5 Å². The minimum Gasteiger partial charge on any atom is -0.267 e. The summed E-state index contributed by atoms with van der Waals surface area (Å²) < 4.78 is 0.938. The second-order valence-corrected chi connectivity index (χ2v) is 5.43. The number of amides is 1. The average molecular weight is 331 g/mol. The van der Waals surface area contributed by atoms with Crippen LogP contribution < -0.4 is 5.43 Å². The Bertz CT molecular complexity index is 628. The van der Waals surface area contributed by atoms with Gasteiger partial charge in [0.1, 0.15) is 0 Å². The molecular weight excluding hydrogens is 316 g/mol. The fourth-order valence-corrected chi connectivity index (χ4v) is 2.12. The van der Waals surface area contributed by atoms with E-state index in [0.29, 0.717) is 5.56 Å². The van der Waals surface area contributed by atoms with Gasteiger partial charge in [-0.1, -0.05) is 34.1 Å². The number of rotatable bonds is 3. The third-order valence-corrected chi connectivity index (χ3v) is 3.54. The standard InChI is InChI=1S/C16H15BrN2O/c1-11-4-3-5-12(2)15(11)10-18-19-16(20)13-6-8-14(17)9-7-13/h3-10H,1-2H3,(H,19,20)/b18-10+.